The van der Waals surface area contributed by atoms with Gasteiger partial charge in [-0.3, -0.25) is 23.6 Å². The molecule has 0 spiro atoms. The smallest absolute Gasteiger partial charge is 0.168 e. The van der Waals surface area contributed by atoms with Crippen LogP contribution >= 0.6 is 0 Å². The van der Waals surface area contributed by atoms with Gasteiger partial charge in [0.25, 0.3) is 0 Å². The molecular formula is C5H13F4NNbO. The van der Waals surface area contributed by atoms with Gasteiger partial charge in [-0.2, -0.15) is 0 Å². The van der Waals surface area contributed by atoms with Crippen LogP contribution < -0.4 is 5.73 Å². The van der Waals surface area contributed by atoms with Crippen LogP contribution in [0.15, 0.2) is 12.2 Å². The van der Waals surface area contributed by atoms with Gasteiger partial charge >= 0.3 is 0 Å². The van der Waals surface area contributed by atoms with E-state index in [4.69, 9.17) is 5.73 Å². The zero-order valence-corrected chi connectivity index (χ0v) is 8.63. The molecule has 0 saturated carbocycles. The molecule has 0 aromatic heterocycles. The molecule has 1 radical (unpaired) electrons. The van der Waals surface area contributed by atoms with Crippen LogP contribution in [-0.4, -0.2) is 12.3 Å². The average molecular weight is 272 g/mol. The molecule has 12 heavy (non-hydrogen) atoms. The van der Waals surface area contributed by atoms with Gasteiger partial charge in [0, 0.05) is 22.4 Å². The zero-order chi connectivity index (χ0) is 5.70. The summed E-state index contributed by atoms with van der Waals surface area (Å²) in [6.45, 7) is 1.90. The van der Waals surface area contributed by atoms with Gasteiger partial charge in [-0.05, 0) is 13.0 Å². The predicted molar refractivity (Wildman–Crippen MR) is 38.9 cm³/mol. The van der Waals surface area contributed by atoms with Crippen molar-refractivity contribution in [2.45, 2.75) is 6.92 Å². The monoisotopic (exact) mass is 272 g/mol. The van der Waals surface area contributed by atoms with Crippen molar-refractivity contribution in [2.24, 2.45) is 5.73 Å². The predicted octanol–water partition coefficient (Wildman–Crippen LogP) is 0.698. The maximum atomic E-state index is 10.2. The summed E-state index contributed by atoms with van der Waals surface area (Å²) in [5.74, 6) is -0.0255. The topological polar surface area (TPSA) is 43.1 Å². The number of ketones is 1. The molecular weight excluding hydrogens is 259 g/mol. The number of carbonyl (C=O) groups excluding carboxylic acids is 1. The fourth-order valence-electron chi connectivity index (χ4n) is 0.254. The Balaban J connectivity index is -0.0000000180. The Bertz CT molecular complexity index is 101. The Kier molecular flexibility index (Phi) is 105. The van der Waals surface area contributed by atoms with E-state index in [2.05, 4.69) is 0 Å². The van der Waals surface area contributed by atoms with Crippen LogP contribution in [0.2, 0.25) is 0 Å². The molecule has 0 aromatic carbocycles. The van der Waals surface area contributed by atoms with Gasteiger partial charge in [0.2, 0.25) is 0 Å². The number of nitrogens with two attached hydrogens (primary N) is 1. The largest absolute Gasteiger partial charge is 0.324 e. The van der Waals surface area contributed by atoms with E-state index in [1.807, 2.05) is 0 Å². The first kappa shape index (κ1) is 40.8. The molecule has 0 aliphatic carbocycles. The maximum absolute atomic E-state index is 10.2. The van der Waals surface area contributed by atoms with Crippen LogP contribution in [0.3, 0.4) is 0 Å². The Morgan fingerprint density at radius 2 is 1.58 bits per heavy atom. The summed E-state index contributed by atoms with van der Waals surface area (Å²) in [5.41, 5.74) is 4.96. The minimum Gasteiger partial charge on any atom is -0.324 e. The summed E-state index contributed by atoms with van der Waals surface area (Å²) in [6, 6.07) is 0. The number of halogens is 4. The Hall–Kier alpha value is -0.170. The normalized spacial score (nSPS) is 5.83. The van der Waals surface area contributed by atoms with E-state index in [-0.39, 0.29) is 53.5 Å². The van der Waals surface area contributed by atoms with Crippen molar-refractivity contribution in [1.82, 2.24) is 0 Å². The summed E-state index contributed by atoms with van der Waals surface area (Å²) < 4.78 is 0. The van der Waals surface area contributed by atoms with Crippen molar-refractivity contribution in [3.63, 3.8) is 0 Å². The second kappa shape index (κ2) is 30.8. The molecule has 0 atom stereocenters. The standard InChI is InChI=1S/C5H9NO.4FH.Nb/c1-2-3-5(7)4-6;;;;;/h2-3H,4,6H2,1H3;4*1H;/b3-2+;;;;;. The van der Waals surface area contributed by atoms with Crippen LogP contribution in [0.4, 0.5) is 18.8 Å². The third kappa shape index (κ3) is 32.9. The van der Waals surface area contributed by atoms with Crippen LogP contribution in [-0.2, 0) is 27.2 Å². The fraction of sp³-hybridized carbons (Fsp3) is 0.400. The summed E-state index contributed by atoms with van der Waals surface area (Å²) in [6.07, 6.45) is 3.13. The molecule has 0 aliphatic heterocycles. The quantitative estimate of drug-likeness (QED) is 0.457. The molecule has 0 saturated heterocycles. The van der Waals surface area contributed by atoms with E-state index < -0.39 is 0 Å². The van der Waals surface area contributed by atoms with Crippen LogP contribution in [0.5, 0.6) is 0 Å². The van der Waals surface area contributed by atoms with Crippen molar-refractivity contribution in [2.75, 3.05) is 6.54 Å². The first-order valence-electron chi connectivity index (χ1n) is 2.17. The number of allylic oxidation sites excluding steroid dienone is 1. The number of rotatable bonds is 2. The van der Waals surface area contributed by atoms with E-state index in [1.165, 1.54) is 6.08 Å². The van der Waals surface area contributed by atoms with Gasteiger partial charge < -0.3 is 5.73 Å². The molecule has 0 amide bonds. The molecule has 0 fully saturated rings. The second-order valence-corrected chi connectivity index (χ2v) is 1.17. The molecule has 0 unspecified atom stereocenters. The molecule has 0 aliphatic rings. The van der Waals surface area contributed by atoms with E-state index in [0.717, 1.165) is 0 Å². The number of carbonyl (C=O) groups is 1. The molecule has 2 N–H and O–H groups in total. The summed E-state index contributed by atoms with van der Waals surface area (Å²) in [4.78, 5) is 10.2. The van der Waals surface area contributed by atoms with Crippen molar-refractivity contribution in [1.29, 1.82) is 0 Å². The first-order valence-corrected chi connectivity index (χ1v) is 2.17. The van der Waals surface area contributed by atoms with Crippen LogP contribution in [0.25, 0.3) is 0 Å². The van der Waals surface area contributed by atoms with Gasteiger partial charge in [-0.1, -0.05) is 6.08 Å². The second-order valence-electron chi connectivity index (χ2n) is 1.17. The van der Waals surface area contributed by atoms with Gasteiger partial charge in [-0.15, -0.1) is 0 Å². The summed E-state index contributed by atoms with van der Waals surface area (Å²) in [7, 11) is 0. The Morgan fingerprint density at radius 1 is 1.25 bits per heavy atom. The molecule has 7 heteroatoms. The van der Waals surface area contributed by atoms with E-state index in [9.17, 15) is 4.79 Å². The molecule has 0 bridgehead atoms. The zero-order valence-electron chi connectivity index (χ0n) is 6.43. The first-order chi connectivity index (χ1) is 3.31. The number of hydrogen-bond donors (Lipinski definition) is 1. The maximum Gasteiger partial charge on any atom is 0.168 e. The fourth-order valence-corrected chi connectivity index (χ4v) is 0.254. The van der Waals surface area contributed by atoms with Crippen LogP contribution in [0.1, 0.15) is 6.92 Å². The Morgan fingerprint density at radius 3 is 1.67 bits per heavy atom. The molecule has 0 aromatic rings. The SMILES string of the molecule is C/C=C/C(=O)CN.F.F.F.F.[Nb]. The van der Waals surface area contributed by atoms with Crippen molar-refractivity contribution >= 4 is 5.78 Å². The number of hydrogen-bond acceptors (Lipinski definition) is 2. The summed E-state index contributed by atoms with van der Waals surface area (Å²) in [5, 5.41) is 0. The van der Waals surface area contributed by atoms with Gasteiger partial charge in [-0.25, -0.2) is 0 Å². The summed E-state index contributed by atoms with van der Waals surface area (Å²) >= 11 is 0. The van der Waals surface area contributed by atoms with Crippen LogP contribution in [0, 0.1) is 0 Å². The van der Waals surface area contributed by atoms with Crippen molar-refractivity contribution < 1.29 is 46.0 Å². The Labute approximate surface area is 83.6 Å². The van der Waals surface area contributed by atoms with Crippen molar-refractivity contribution in [3.05, 3.63) is 12.2 Å². The minimum absolute atomic E-state index is 0. The van der Waals surface area contributed by atoms with Gasteiger partial charge in [0.15, 0.2) is 5.78 Å². The molecule has 2 nitrogen and oxygen atoms in total. The van der Waals surface area contributed by atoms with E-state index >= 15 is 0 Å². The van der Waals surface area contributed by atoms with Gasteiger partial charge in [0.1, 0.15) is 0 Å². The average Bonchev–Trinajstić information content (AvgIpc) is 1.68. The third-order valence-electron chi connectivity index (χ3n) is 0.554. The molecule has 77 valence electrons. The molecule has 0 rings (SSSR count). The minimum atomic E-state index is -0.0255. The van der Waals surface area contributed by atoms with E-state index in [0.29, 0.717) is 0 Å². The third-order valence-corrected chi connectivity index (χ3v) is 0.554. The molecule has 0 heterocycles. The van der Waals surface area contributed by atoms with E-state index in [1.54, 1.807) is 13.0 Å². The van der Waals surface area contributed by atoms with Crippen molar-refractivity contribution in [3.8, 4) is 0 Å². The van der Waals surface area contributed by atoms with Gasteiger partial charge in [0.05, 0.1) is 6.54 Å².